The van der Waals surface area contributed by atoms with Gasteiger partial charge in [-0.15, -0.1) is 0 Å². The largest absolute Gasteiger partial charge is 0.378 e. The van der Waals surface area contributed by atoms with Crippen LogP contribution >= 0.6 is 0 Å². The average Bonchev–Trinajstić information content (AvgIpc) is 3.27. The van der Waals surface area contributed by atoms with Crippen LogP contribution in [0.1, 0.15) is 39.1 Å². The van der Waals surface area contributed by atoms with E-state index in [1.54, 1.807) is 23.1 Å². The molecule has 2 aliphatic rings. The molecule has 2 amide bonds. The second-order valence-electron chi connectivity index (χ2n) is 8.69. The Morgan fingerprint density at radius 3 is 2.51 bits per heavy atom. The van der Waals surface area contributed by atoms with Gasteiger partial charge in [0.2, 0.25) is 0 Å². The number of amides is 2. The van der Waals surface area contributed by atoms with Crippen molar-refractivity contribution in [3.63, 3.8) is 0 Å². The number of fused-ring (bicyclic) bond motifs is 1. The van der Waals surface area contributed by atoms with Gasteiger partial charge in [-0.05, 0) is 17.7 Å². The summed E-state index contributed by atoms with van der Waals surface area (Å²) in [6, 6.07) is 15.2. The van der Waals surface area contributed by atoms with Crippen molar-refractivity contribution in [2.75, 3.05) is 40.0 Å². The highest BCUT2D eigenvalue weighted by molar-refractivity contribution is 5.94. The molecule has 5 rings (SSSR count). The predicted octanol–water partition coefficient (Wildman–Crippen LogP) is 2.07. The summed E-state index contributed by atoms with van der Waals surface area (Å²) in [5.74, 6) is -0.239. The number of benzene rings is 1. The zero-order chi connectivity index (χ0) is 24.2. The molecule has 1 fully saturated rings. The van der Waals surface area contributed by atoms with Crippen molar-refractivity contribution in [1.82, 2.24) is 24.6 Å². The van der Waals surface area contributed by atoms with Crippen LogP contribution in [-0.2, 0) is 33.8 Å². The van der Waals surface area contributed by atoms with E-state index in [2.05, 4.69) is 4.98 Å². The van der Waals surface area contributed by atoms with Crippen molar-refractivity contribution in [2.45, 2.75) is 25.6 Å². The van der Waals surface area contributed by atoms with Crippen LogP contribution in [-0.4, -0.2) is 76.3 Å². The number of methoxy groups -OCH3 is 1. The first-order chi connectivity index (χ1) is 17.2. The fraction of sp³-hybridized carbons (Fsp3) is 0.385. The van der Waals surface area contributed by atoms with E-state index in [4.69, 9.17) is 14.6 Å². The summed E-state index contributed by atoms with van der Waals surface area (Å²) in [6.07, 6.45) is 1.65. The maximum Gasteiger partial charge on any atom is 0.274 e. The molecule has 0 unspecified atom stereocenters. The Hall–Kier alpha value is -3.56. The summed E-state index contributed by atoms with van der Waals surface area (Å²) in [6.45, 7) is 3.40. The van der Waals surface area contributed by atoms with Gasteiger partial charge in [-0.3, -0.25) is 19.3 Å². The zero-order valence-electron chi connectivity index (χ0n) is 19.8. The molecule has 2 aliphatic heterocycles. The Morgan fingerprint density at radius 1 is 1.03 bits per heavy atom. The van der Waals surface area contributed by atoms with Crippen LogP contribution in [0.2, 0.25) is 0 Å². The molecule has 35 heavy (non-hydrogen) atoms. The normalized spacial score (nSPS) is 16.6. The molecule has 182 valence electrons. The molecule has 0 bridgehead atoms. The van der Waals surface area contributed by atoms with E-state index in [9.17, 15) is 9.59 Å². The highest BCUT2D eigenvalue weighted by Crippen LogP contribution is 2.28. The number of carbonyl (C=O) groups is 2. The molecule has 3 aromatic rings. The topological polar surface area (TPSA) is 89.8 Å². The van der Waals surface area contributed by atoms with Crippen molar-refractivity contribution >= 4 is 11.8 Å². The van der Waals surface area contributed by atoms with Gasteiger partial charge in [0, 0.05) is 57.2 Å². The Balaban J connectivity index is 1.45. The van der Waals surface area contributed by atoms with Gasteiger partial charge in [0.25, 0.3) is 11.8 Å². The summed E-state index contributed by atoms with van der Waals surface area (Å²) >= 11 is 0. The summed E-state index contributed by atoms with van der Waals surface area (Å²) < 4.78 is 12.9. The molecule has 0 saturated carbocycles. The van der Waals surface area contributed by atoms with Crippen LogP contribution in [0.25, 0.3) is 0 Å². The number of morpholine rings is 1. The minimum Gasteiger partial charge on any atom is -0.378 e. The van der Waals surface area contributed by atoms with E-state index in [1.807, 2.05) is 53.2 Å². The molecular formula is C26H29N5O4. The standard InChI is InChI=1S/C26H29N5O4/c1-34-24(19-7-3-2-4-8-19)26(33)30-12-10-22-21(18-30)23(25(32)29-13-15-35-16-14-29)28-31(22)17-20-9-5-6-11-27-20/h2-9,11,24H,10,12-18H2,1H3/t24-/m1/s1. The highest BCUT2D eigenvalue weighted by atomic mass is 16.5. The van der Waals surface area contributed by atoms with E-state index in [0.29, 0.717) is 58.1 Å². The van der Waals surface area contributed by atoms with E-state index in [0.717, 1.165) is 22.5 Å². The van der Waals surface area contributed by atoms with Crippen LogP contribution in [0.4, 0.5) is 0 Å². The lowest BCUT2D eigenvalue weighted by Crippen LogP contribution is -2.42. The number of pyridine rings is 1. The van der Waals surface area contributed by atoms with Crippen LogP contribution in [0.15, 0.2) is 54.7 Å². The minimum absolute atomic E-state index is 0.119. The third kappa shape index (κ3) is 4.82. The predicted molar refractivity (Wildman–Crippen MR) is 128 cm³/mol. The fourth-order valence-corrected chi connectivity index (χ4v) is 4.72. The van der Waals surface area contributed by atoms with Crippen LogP contribution < -0.4 is 0 Å². The minimum atomic E-state index is -0.695. The molecule has 2 aromatic heterocycles. The van der Waals surface area contributed by atoms with Gasteiger partial charge < -0.3 is 19.3 Å². The molecule has 9 heteroatoms. The molecule has 0 spiro atoms. The van der Waals surface area contributed by atoms with Gasteiger partial charge in [-0.1, -0.05) is 36.4 Å². The molecule has 4 heterocycles. The van der Waals surface area contributed by atoms with Crippen molar-refractivity contribution in [3.05, 3.63) is 82.9 Å². The Morgan fingerprint density at radius 2 is 1.80 bits per heavy atom. The van der Waals surface area contributed by atoms with Crippen molar-refractivity contribution in [2.24, 2.45) is 0 Å². The Kier molecular flexibility index (Phi) is 6.87. The highest BCUT2D eigenvalue weighted by Gasteiger charge is 2.35. The summed E-state index contributed by atoms with van der Waals surface area (Å²) in [5.41, 5.74) is 3.86. The van der Waals surface area contributed by atoms with Crippen LogP contribution in [0.3, 0.4) is 0 Å². The second kappa shape index (κ2) is 10.4. The van der Waals surface area contributed by atoms with Gasteiger partial charge >= 0.3 is 0 Å². The van der Waals surface area contributed by atoms with Crippen molar-refractivity contribution < 1.29 is 19.1 Å². The van der Waals surface area contributed by atoms with Gasteiger partial charge in [-0.25, -0.2) is 0 Å². The lowest BCUT2D eigenvalue weighted by Gasteiger charge is -2.31. The number of hydrogen-bond acceptors (Lipinski definition) is 6. The smallest absolute Gasteiger partial charge is 0.274 e. The first-order valence-electron chi connectivity index (χ1n) is 11.9. The van der Waals surface area contributed by atoms with Crippen molar-refractivity contribution in [1.29, 1.82) is 0 Å². The third-order valence-electron chi connectivity index (χ3n) is 6.55. The monoisotopic (exact) mass is 475 g/mol. The molecular weight excluding hydrogens is 446 g/mol. The molecule has 0 radical (unpaired) electrons. The molecule has 9 nitrogen and oxygen atoms in total. The van der Waals surface area contributed by atoms with Crippen LogP contribution in [0, 0.1) is 0 Å². The summed E-state index contributed by atoms with van der Waals surface area (Å²) in [5, 5.41) is 4.75. The number of carbonyl (C=O) groups excluding carboxylic acids is 2. The van der Waals surface area contributed by atoms with Gasteiger partial charge in [0.15, 0.2) is 11.8 Å². The maximum atomic E-state index is 13.5. The lowest BCUT2D eigenvalue weighted by atomic mass is 10.0. The number of ether oxygens (including phenoxy) is 2. The molecule has 1 saturated heterocycles. The second-order valence-corrected chi connectivity index (χ2v) is 8.69. The Bertz CT molecular complexity index is 1180. The number of rotatable bonds is 6. The van der Waals surface area contributed by atoms with E-state index in [1.165, 1.54) is 0 Å². The van der Waals surface area contributed by atoms with Crippen molar-refractivity contribution in [3.8, 4) is 0 Å². The number of hydrogen-bond donors (Lipinski definition) is 0. The average molecular weight is 476 g/mol. The van der Waals surface area contributed by atoms with E-state index < -0.39 is 6.10 Å². The first-order valence-corrected chi connectivity index (χ1v) is 11.9. The quantitative estimate of drug-likeness (QED) is 0.542. The number of nitrogens with zero attached hydrogens (tertiary/aromatic N) is 5. The van der Waals surface area contributed by atoms with Crippen LogP contribution in [0.5, 0.6) is 0 Å². The fourth-order valence-electron chi connectivity index (χ4n) is 4.72. The SMILES string of the molecule is CO[C@@H](C(=O)N1CCc2c(c(C(=O)N3CCOCC3)nn2Cc2ccccn2)C1)c1ccccc1. The number of aromatic nitrogens is 3. The van der Waals surface area contributed by atoms with E-state index in [-0.39, 0.29) is 11.8 Å². The first kappa shape index (κ1) is 23.2. The van der Waals surface area contributed by atoms with Gasteiger partial charge in [0.05, 0.1) is 25.5 Å². The maximum absolute atomic E-state index is 13.5. The third-order valence-corrected chi connectivity index (χ3v) is 6.55. The zero-order valence-corrected chi connectivity index (χ0v) is 19.8. The Labute approximate surface area is 204 Å². The molecule has 1 aromatic carbocycles. The summed E-state index contributed by atoms with van der Waals surface area (Å²) in [7, 11) is 1.54. The molecule has 1 atom stereocenters. The van der Waals surface area contributed by atoms with E-state index >= 15 is 0 Å². The van der Waals surface area contributed by atoms with Gasteiger partial charge in [-0.2, -0.15) is 5.10 Å². The van der Waals surface area contributed by atoms with Gasteiger partial charge in [0.1, 0.15) is 0 Å². The molecule has 0 N–H and O–H groups in total. The lowest BCUT2D eigenvalue weighted by molar-refractivity contribution is -0.143. The molecule has 0 aliphatic carbocycles. The summed E-state index contributed by atoms with van der Waals surface area (Å²) in [4.78, 5) is 34.9.